The number of quaternary nitrogens is 1. The molecule has 0 fully saturated rings. The summed E-state index contributed by atoms with van der Waals surface area (Å²) in [6.45, 7) is 11.3. The van der Waals surface area contributed by atoms with Gasteiger partial charge < -0.3 is 4.74 Å². The van der Waals surface area contributed by atoms with Crippen LogP contribution < -0.4 is 10.2 Å². The van der Waals surface area contributed by atoms with Gasteiger partial charge in [-0.15, -0.1) is 0 Å². The average molecular weight is 543 g/mol. The number of nitrogens with one attached hydrogen (secondary N) is 1. The van der Waals surface area contributed by atoms with Crippen LogP contribution in [-0.4, -0.2) is 33.0 Å². The summed E-state index contributed by atoms with van der Waals surface area (Å²) in [5, 5.41) is 20.5. The largest absolute Gasteiger partial charge is 0.492 e. The highest BCUT2D eigenvalue weighted by atomic mass is 32.1. The summed E-state index contributed by atoms with van der Waals surface area (Å²) >= 11 is 4.00. The number of hydrogen-bond acceptors (Lipinski definition) is 7. The van der Waals surface area contributed by atoms with E-state index in [0.717, 1.165) is 45.1 Å². The van der Waals surface area contributed by atoms with Gasteiger partial charge in [0.2, 0.25) is 0 Å². The second-order valence-electron chi connectivity index (χ2n) is 11.0. The van der Waals surface area contributed by atoms with Crippen molar-refractivity contribution >= 4 is 29.7 Å². The predicted octanol–water partition coefficient (Wildman–Crippen LogP) is 7.24. The molecule has 1 atom stereocenters. The number of benzene rings is 3. The average Bonchev–Trinajstić information content (AvgIpc) is 2.88. The Kier molecular flexibility index (Phi) is 8.17. The number of thiol groups is 1. The summed E-state index contributed by atoms with van der Waals surface area (Å²) in [6, 6.07) is 21.0. The molecule has 0 bridgehead atoms. The Morgan fingerprint density at radius 2 is 1.77 bits per heavy atom. The van der Waals surface area contributed by atoms with Gasteiger partial charge in [-0.05, 0) is 69.4 Å². The summed E-state index contributed by atoms with van der Waals surface area (Å²) in [5.41, 5.74) is 9.06. The number of hydrogen-bond donors (Lipinski definition) is 3. The van der Waals surface area contributed by atoms with E-state index in [9.17, 15) is 10.5 Å². The van der Waals surface area contributed by atoms with Gasteiger partial charge in [-0.3, -0.25) is 0 Å². The van der Waals surface area contributed by atoms with Gasteiger partial charge in [0, 0.05) is 17.0 Å². The summed E-state index contributed by atoms with van der Waals surface area (Å²) in [4.78, 5) is 8.73. The van der Waals surface area contributed by atoms with Crippen LogP contribution in [0.5, 0.6) is 5.75 Å². The number of fused-ring (bicyclic) bond motifs is 1. The number of aromatic nitrogens is 2. The molecule has 0 amide bonds. The lowest BCUT2D eigenvalue weighted by molar-refractivity contribution is -0.955. The molecule has 8 heteroatoms. The Bertz CT molecular complexity index is 1520. The van der Waals surface area contributed by atoms with Crippen LogP contribution in [0.25, 0.3) is 22.0 Å². The Morgan fingerprint density at radius 1 is 1.08 bits per heavy atom. The molecule has 2 N–H and O–H groups in total. The zero-order valence-electron chi connectivity index (χ0n) is 23.4. The fourth-order valence-corrected chi connectivity index (χ4v) is 4.60. The fourth-order valence-electron chi connectivity index (χ4n) is 4.51. The lowest BCUT2D eigenvalue weighted by atomic mass is 9.76. The third-order valence-electron chi connectivity index (χ3n) is 6.89. The minimum Gasteiger partial charge on any atom is -0.492 e. The Labute approximate surface area is 236 Å². The van der Waals surface area contributed by atoms with Crippen LogP contribution in [0.2, 0.25) is 0 Å². The molecule has 0 spiro atoms. The Morgan fingerprint density at radius 3 is 2.41 bits per heavy atom. The first-order valence-corrected chi connectivity index (χ1v) is 13.4. The van der Waals surface area contributed by atoms with Gasteiger partial charge in [-0.25, -0.2) is 9.97 Å². The molecule has 1 unspecified atom stereocenters. The van der Waals surface area contributed by atoms with Crippen molar-refractivity contribution in [1.29, 1.82) is 5.26 Å². The van der Waals surface area contributed by atoms with Crippen molar-refractivity contribution in [2.45, 2.75) is 46.5 Å². The lowest BCUT2D eigenvalue weighted by Gasteiger charge is -2.28. The second kappa shape index (κ2) is 11.2. The van der Waals surface area contributed by atoms with E-state index in [0.29, 0.717) is 23.8 Å². The molecule has 202 valence electrons. The quantitative estimate of drug-likeness (QED) is 0.117. The predicted molar refractivity (Wildman–Crippen MR) is 159 cm³/mol. The molecular formula is C31H36N5O2S+. The van der Waals surface area contributed by atoms with E-state index in [1.54, 1.807) is 6.20 Å². The number of aryl methyl sites for hydroxylation is 1. The van der Waals surface area contributed by atoms with Crippen molar-refractivity contribution in [3.05, 3.63) is 83.0 Å². The lowest BCUT2D eigenvalue weighted by Crippen LogP contribution is -2.36. The van der Waals surface area contributed by atoms with Crippen LogP contribution in [0.1, 0.15) is 56.4 Å². The molecule has 0 aliphatic rings. The van der Waals surface area contributed by atoms with Crippen molar-refractivity contribution < 1.29 is 14.1 Å². The summed E-state index contributed by atoms with van der Waals surface area (Å²) in [6.07, 6.45) is 2.67. The van der Waals surface area contributed by atoms with E-state index in [-0.39, 0.29) is 11.4 Å². The molecule has 0 radical (unpaired) electrons. The zero-order chi connectivity index (χ0) is 28.4. The minimum atomic E-state index is -0.764. The van der Waals surface area contributed by atoms with Gasteiger partial charge in [-0.1, -0.05) is 64.1 Å². The van der Waals surface area contributed by atoms with Crippen molar-refractivity contribution in [3.8, 4) is 22.9 Å². The number of nitriles is 1. The van der Waals surface area contributed by atoms with E-state index < -0.39 is 4.16 Å². The fraction of sp³-hybridized carbons (Fsp3) is 0.323. The van der Waals surface area contributed by atoms with E-state index in [1.165, 1.54) is 7.05 Å². The summed E-state index contributed by atoms with van der Waals surface area (Å²) in [7, 11) is 1.45. The number of ether oxygens (including phenoxy) is 1. The van der Waals surface area contributed by atoms with Gasteiger partial charge in [0.15, 0.2) is 0 Å². The Balaban J connectivity index is 1.58. The molecular weight excluding hydrogens is 506 g/mol. The highest BCUT2D eigenvalue weighted by molar-refractivity contribution is 7.74. The van der Waals surface area contributed by atoms with Crippen LogP contribution in [0.15, 0.2) is 60.8 Å². The maximum Gasteiger partial charge on any atom is 0.273 e. The molecule has 0 saturated heterocycles. The first kappa shape index (κ1) is 28.4. The first-order chi connectivity index (χ1) is 18.4. The van der Waals surface area contributed by atoms with E-state index >= 15 is 0 Å². The van der Waals surface area contributed by atoms with Crippen LogP contribution in [0.3, 0.4) is 0 Å². The van der Waals surface area contributed by atoms with E-state index in [4.69, 9.17) is 4.74 Å². The molecule has 7 nitrogen and oxygen atoms in total. The van der Waals surface area contributed by atoms with Crippen molar-refractivity contribution in [2.75, 3.05) is 19.1 Å². The van der Waals surface area contributed by atoms with Crippen LogP contribution >= 0.6 is 12.8 Å². The van der Waals surface area contributed by atoms with Crippen molar-refractivity contribution in [1.82, 2.24) is 9.97 Å². The highest BCUT2D eigenvalue weighted by Gasteiger charge is 2.25. The molecule has 1 heterocycles. The highest BCUT2D eigenvalue weighted by Crippen LogP contribution is 2.37. The van der Waals surface area contributed by atoms with Gasteiger partial charge in [0.25, 0.3) is 5.95 Å². The van der Waals surface area contributed by atoms with Gasteiger partial charge in [0.05, 0.1) is 17.7 Å². The van der Waals surface area contributed by atoms with Crippen LogP contribution in [-0.2, 0) is 5.41 Å². The molecule has 39 heavy (non-hydrogen) atoms. The smallest absolute Gasteiger partial charge is 0.273 e. The molecule has 4 rings (SSSR count). The Hall–Kier alpha value is -3.64. The SMILES string of the molecule is Cc1cc(C(C)(C)c2ccc(-c3ccc4nc(N[N+](C)(O)S)ncc4c3)cc2)cc(C#N)c1OCCC(C)C. The maximum atomic E-state index is 9.86. The summed E-state index contributed by atoms with van der Waals surface area (Å²) in [5.74, 6) is 1.52. The van der Waals surface area contributed by atoms with Crippen LogP contribution in [0, 0.1) is 24.2 Å². The third kappa shape index (κ3) is 6.69. The second-order valence-corrected chi connectivity index (χ2v) is 11.8. The number of nitrogens with zero attached hydrogens (tertiary/aromatic N) is 4. The third-order valence-corrected chi connectivity index (χ3v) is 6.99. The molecule has 0 aliphatic carbocycles. The minimum absolute atomic E-state index is 0.284. The van der Waals surface area contributed by atoms with E-state index in [1.807, 2.05) is 31.2 Å². The van der Waals surface area contributed by atoms with E-state index in [2.05, 4.69) is 92.3 Å². The monoisotopic (exact) mass is 542 g/mol. The maximum absolute atomic E-state index is 9.86. The zero-order valence-corrected chi connectivity index (χ0v) is 24.3. The van der Waals surface area contributed by atoms with Crippen molar-refractivity contribution in [2.24, 2.45) is 5.92 Å². The first-order valence-electron chi connectivity index (χ1n) is 13.0. The molecule has 3 aromatic carbocycles. The van der Waals surface area contributed by atoms with Crippen LogP contribution in [0.4, 0.5) is 5.95 Å². The molecule has 4 aromatic rings. The molecule has 1 aromatic heterocycles. The number of rotatable bonds is 9. The van der Waals surface area contributed by atoms with Gasteiger partial charge in [-0.2, -0.15) is 15.9 Å². The topological polar surface area (TPSA) is 91.1 Å². The number of anilines is 1. The van der Waals surface area contributed by atoms with Crippen molar-refractivity contribution in [3.63, 3.8) is 0 Å². The molecule has 0 saturated carbocycles. The van der Waals surface area contributed by atoms with Gasteiger partial charge >= 0.3 is 0 Å². The molecule has 0 aliphatic heterocycles. The number of hydroxylamine groups is 1. The normalized spacial score (nSPS) is 13.2. The standard InChI is InChI=1S/C31H36N5O2S/c1-20(2)13-14-38-29-21(3)15-27(17-24(29)18-32)31(4,5)26-10-7-22(8-11-26)23-9-12-28-25(16-23)19-33-30(34-28)35-36(6,37)39/h7-12,15-17,19-20,37,39H,13-14H2,1-6H3,(H,33,34,35)/q+1. The van der Waals surface area contributed by atoms with Gasteiger partial charge in [0.1, 0.15) is 31.7 Å². The summed E-state index contributed by atoms with van der Waals surface area (Å²) < 4.78 is 5.25.